The van der Waals surface area contributed by atoms with Crippen molar-refractivity contribution in [1.29, 1.82) is 0 Å². The van der Waals surface area contributed by atoms with Gasteiger partial charge in [-0.05, 0) is 36.4 Å². The van der Waals surface area contributed by atoms with Crippen LogP contribution < -0.4 is 5.32 Å². The van der Waals surface area contributed by atoms with E-state index < -0.39 is 0 Å². The minimum absolute atomic E-state index is 0.000947. The van der Waals surface area contributed by atoms with Crippen LogP contribution in [0, 0.1) is 0 Å². The summed E-state index contributed by atoms with van der Waals surface area (Å²) in [6.07, 6.45) is 4.34. The van der Waals surface area contributed by atoms with Crippen molar-refractivity contribution in [2.75, 3.05) is 5.32 Å². The van der Waals surface area contributed by atoms with Crippen LogP contribution in [0.4, 0.5) is 5.69 Å². The van der Waals surface area contributed by atoms with Gasteiger partial charge >= 0.3 is 0 Å². The molecule has 2 aromatic rings. The minimum Gasteiger partial charge on any atom is -0.354 e. The summed E-state index contributed by atoms with van der Waals surface area (Å²) < 4.78 is 1.97. The average Bonchev–Trinajstić information content (AvgIpc) is 2.83. The number of amides is 1. The molecular formula is C13H13ClN2O. The molecule has 0 atom stereocenters. The van der Waals surface area contributed by atoms with Crippen LogP contribution in [0.15, 0.2) is 48.8 Å². The van der Waals surface area contributed by atoms with Gasteiger partial charge in [-0.2, -0.15) is 0 Å². The Morgan fingerprint density at radius 1 is 1.18 bits per heavy atom. The third kappa shape index (κ3) is 3.64. The summed E-state index contributed by atoms with van der Waals surface area (Å²) in [6.45, 7) is 0.687. The second kappa shape index (κ2) is 5.55. The lowest BCUT2D eigenvalue weighted by Gasteiger charge is -2.05. The summed E-state index contributed by atoms with van der Waals surface area (Å²) in [6, 6.07) is 11.0. The number of nitrogens with zero attached hydrogens (tertiary/aromatic N) is 1. The van der Waals surface area contributed by atoms with Crippen molar-refractivity contribution in [3.05, 3.63) is 53.8 Å². The van der Waals surface area contributed by atoms with Gasteiger partial charge in [-0.15, -0.1) is 0 Å². The average molecular weight is 249 g/mol. The standard InChI is InChI=1S/C13H13ClN2O/c14-11-3-5-12(6-4-11)15-13(17)7-10-16-8-1-2-9-16/h1-6,8-9H,7,10H2,(H,15,17). The summed E-state index contributed by atoms with van der Waals surface area (Å²) in [5.74, 6) is 0.000947. The highest BCUT2D eigenvalue weighted by molar-refractivity contribution is 6.30. The number of nitrogens with one attached hydrogen (secondary N) is 1. The monoisotopic (exact) mass is 248 g/mol. The van der Waals surface area contributed by atoms with Gasteiger partial charge in [0.05, 0.1) is 0 Å². The Bertz CT molecular complexity index is 477. The molecule has 1 N–H and O–H groups in total. The number of aromatic nitrogens is 1. The van der Waals surface area contributed by atoms with Gasteiger partial charge in [0.2, 0.25) is 5.91 Å². The lowest BCUT2D eigenvalue weighted by molar-refractivity contribution is -0.116. The molecule has 1 aromatic carbocycles. The number of anilines is 1. The molecule has 0 saturated carbocycles. The third-order valence-electron chi connectivity index (χ3n) is 2.39. The van der Waals surface area contributed by atoms with E-state index in [1.54, 1.807) is 24.3 Å². The fourth-order valence-corrected chi connectivity index (χ4v) is 1.63. The molecule has 4 heteroatoms. The Hall–Kier alpha value is -1.74. The first-order valence-corrected chi connectivity index (χ1v) is 5.78. The summed E-state index contributed by atoms with van der Waals surface area (Å²) in [5, 5.41) is 3.48. The van der Waals surface area contributed by atoms with E-state index in [2.05, 4.69) is 5.32 Å². The molecule has 0 spiro atoms. The van der Waals surface area contributed by atoms with Gasteiger partial charge in [-0.3, -0.25) is 4.79 Å². The number of halogens is 1. The maximum atomic E-state index is 11.6. The quantitative estimate of drug-likeness (QED) is 0.886. The predicted molar refractivity (Wildman–Crippen MR) is 69.1 cm³/mol. The molecule has 17 heavy (non-hydrogen) atoms. The fraction of sp³-hybridized carbons (Fsp3) is 0.154. The molecule has 1 aromatic heterocycles. The molecule has 1 heterocycles. The molecule has 0 unspecified atom stereocenters. The van der Waals surface area contributed by atoms with Gasteiger partial charge in [0.25, 0.3) is 0 Å². The summed E-state index contributed by atoms with van der Waals surface area (Å²) in [4.78, 5) is 11.6. The number of hydrogen-bond donors (Lipinski definition) is 1. The van der Waals surface area contributed by atoms with Gasteiger partial charge in [-0.25, -0.2) is 0 Å². The van der Waals surface area contributed by atoms with Gasteiger partial charge in [0.1, 0.15) is 0 Å². The van der Waals surface area contributed by atoms with Crippen LogP contribution in [-0.2, 0) is 11.3 Å². The van der Waals surface area contributed by atoms with E-state index in [-0.39, 0.29) is 5.91 Å². The van der Waals surface area contributed by atoms with Crippen molar-refractivity contribution in [3.8, 4) is 0 Å². The summed E-state index contributed by atoms with van der Waals surface area (Å²) in [7, 11) is 0. The SMILES string of the molecule is O=C(CCn1cccc1)Nc1ccc(Cl)cc1. The van der Waals surface area contributed by atoms with Crippen LogP contribution in [-0.4, -0.2) is 10.5 Å². The van der Waals surface area contributed by atoms with E-state index in [1.165, 1.54) is 0 Å². The molecule has 0 saturated heterocycles. The Labute approximate surface area is 105 Å². The molecular weight excluding hydrogens is 236 g/mol. The molecule has 2 rings (SSSR count). The Morgan fingerprint density at radius 3 is 2.47 bits per heavy atom. The van der Waals surface area contributed by atoms with E-state index in [0.29, 0.717) is 18.0 Å². The first-order valence-electron chi connectivity index (χ1n) is 5.40. The number of benzene rings is 1. The van der Waals surface area contributed by atoms with Crippen LogP contribution in [0.25, 0.3) is 0 Å². The van der Waals surface area contributed by atoms with Gasteiger partial charge in [0, 0.05) is 36.1 Å². The van der Waals surface area contributed by atoms with Crippen molar-refractivity contribution in [1.82, 2.24) is 4.57 Å². The predicted octanol–water partition coefficient (Wildman–Crippen LogP) is 3.17. The maximum Gasteiger partial charge on any atom is 0.226 e. The van der Waals surface area contributed by atoms with E-state index in [1.807, 2.05) is 29.1 Å². The lowest BCUT2D eigenvalue weighted by atomic mass is 10.3. The van der Waals surface area contributed by atoms with Crippen molar-refractivity contribution >= 4 is 23.2 Å². The fourth-order valence-electron chi connectivity index (χ4n) is 1.51. The molecule has 0 aliphatic rings. The van der Waals surface area contributed by atoms with Crippen LogP contribution >= 0.6 is 11.6 Å². The Kier molecular flexibility index (Phi) is 3.83. The van der Waals surface area contributed by atoms with Gasteiger partial charge in [-0.1, -0.05) is 11.6 Å². The number of rotatable bonds is 4. The highest BCUT2D eigenvalue weighted by Gasteiger charge is 2.02. The van der Waals surface area contributed by atoms with E-state index >= 15 is 0 Å². The zero-order valence-corrected chi connectivity index (χ0v) is 10.0. The molecule has 1 amide bonds. The Morgan fingerprint density at radius 2 is 1.82 bits per heavy atom. The summed E-state index contributed by atoms with van der Waals surface area (Å²) in [5.41, 5.74) is 0.770. The van der Waals surface area contributed by atoms with E-state index in [0.717, 1.165) is 5.69 Å². The lowest BCUT2D eigenvalue weighted by Crippen LogP contribution is -2.13. The van der Waals surface area contributed by atoms with Crippen LogP contribution in [0.5, 0.6) is 0 Å². The smallest absolute Gasteiger partial charge is 0.226 e. The third-order valence-corrected chi connectivity index (χ3v) is 2.64. The minimum atomic E-state index is 0.000947. The number of carbonyl (C=O) groups excluding carboxylic acids is 1. The van der Waals surface area contributed by atoms with Crippen molar-refractivity contribution in [2.45, 2.75) is 13.0 Å². The first-order chi connectivity index (χ1) is 8.24. The zero-order chi connectivity index (χ0) is 12.1. The van der Waals surface area contributed by atoms with Crippen LogP contribution in [0.1, 0.15) is 6.42 Å². The number of hydrogen-bond acceptors (Lipinski definition) is 1. The van der Waals surface area contributed by atoms with Crippen molar-refractivity contribution in [2.24, 2.45) is 0 Å². The van der Waals surface area contributed by atoms with Crippen LogP contribution in [0.2, 0.25) is 5.02 Å². The highest BCUT2D eigenvalue weighted by Crippen LogP contribution is 2.13. The second-order valence-electron chi connectivity index (χ2n) is 3.73. The van der Waals surface area contributed by atoms with Crippen LogP contribution in [0.3, 0.4) is 0 Å². The number of carbonyl (C=O) groups is 1. The molecule has 0 radical (unpaired) electrons. The topological polar surface area (TPSA) is 34.0 Å². The van der Waals surface area contributed by atoms with Crippen molar-refractivity contribution < 1.29 is 4.79 Å². The molecule has 0 bridgehead atoms. The molecule has 0 fully saturated rings. The molecule has 3 nitrogen and oxygen atoms in total. The maximum absolute atomic E-state index is 11.6. The second-order valence-corrected chi connectivity index (χ2v) is 4.16. The summed E-state index contributed by atoms with van der Waals surface area (Å²) >= 11 is 5.76. The van der Waals surface area contributed by atoms with Crippen molar-refractivity contribution in [3.63, 3.8) is 0 Å². The zero-order valence-electron chi connectivity index (χ0n) is 9.27. The largest absolute Gasteiger partial charge is 0.354 e. The normalized spacial score (nSPS) is 10.2. The van der Waals surface area contributed by atoms with Gasteiger partial charge < -0.3 is 9.88 Å². The first kappa shape index (κ1) is 11.7. The highest BCUT2D eigenvalue weighted by atomic mass is 35.5. The molecule has 0 aliphatic heterocycles. The van der Waals surface area contributed by atoms with E-state index in [4.69, 9.17) is 11.6 Å². The number of aryl methyl sites for hydroxylation is 1. The molecule has 88 valence electrons. The Balaban J connectivity index is 1.83. The van der Waals surface area contributed by atoms with Gasteiger partial charge in [0.15, 0.2) is 0 Å². The van der Waals surface area contributed by atoms with E-state index in [9.17, 15) is 4.79 Å². The molecule has 0 aliphatic carbocycles.